The quantitative estimate of drug-likeness (QED) is 0.337. The SMILES string of the molecule is COc1ccc(CNC(=O)C/C(C)=N\NC(=O)c2ccc(O)c(O)c2)cc1. The Labute approximate surface area is 156 Å². The Balaban J connectivity index is 1.82. The number of hydrazone groups is 1. The lowest BCUT2D eigenvalue weighted by molar-refractivity contribution is -0.120. The highest BCUT2D eigenvalue weighted by Crippen LogP contribution is 2.24. The minimum atomic E-state index is -0.566. The molecule has 0 saturated carbocycles. The number of aromatic hydroxyl groups is 2. The van der Waals surface area contributed by atoms with Gasteiger partial charge < -0.3 is 20.3 Å². The molecular weight excluding hydrogens is 350 g/mol. The molecule has 2 aromatic carbocycles. The molecule has 142 valence electrons. The maximum Gasteiger partial charge on any atom is 0.271 e. The van der Waals surface area contributed by atoms with Crippen LogP contribution in [-0.2, 0) is 11.3 Å². The number of rotatable bonds is 7. The summed E-state index contributed by atoms with van der Waals surface area (Å²) in [6.45, 7) is 1.98. The first-order valence-electron chi connectivity index (χ1n) is 8.14. The van der Waals surface area contributed by atoms with Gasteiger partial charge in [0.25, 0.3) is 5.91 Å². The van der Waals surface area contributed by atoms with Crippen molar-refractivity contribution in [2.75, 3.05) is 7.11 Å². The summed E-state index contributed by atoms with van der Waals surface area (Å²) in [4.78, 5) is 23.9. The summed E-state index contributed by atoms with van der Waals surface area (Å²) >= 11 is 0. The number of benzene rings is 2. The second-order valence-electron chi connectivity index (χ2n) is 5.79. The highest BCUT2D eigenvalue weighted by atomic mass is 16.5. The molecule has 0 aliphatic carbocycles. The van der Waals surface area contributed by atoms with Gasteiger partial charge in [-0.05, 0) is 42.8 Å². The van der Waals surface area contributed by atoms with Crippen molar-refractivity contribution >= 4 is 17.5 Å². The van der Waals surface area contributed by atoms with Crippen molar-refractivity contribution in [1.29, 1.82) is 0 Å². The molecule has 0 heterocycles. The number of nitrogens with zero attached hydrogens (tertiary/aromatic N) is 1. The molecule has 0 aliphatic heterocycles. The van der Waals surface area contributed by atoms with E-state index in [0.717, 1.165) is 17.4 Å². The molecule has 2 amide bonds. The van der Waals surface area contributed by atoms with Gasteiger partial charge in [-0.25, -0.2) is 5.43 Å². The van der Waals surface area contributed by atoms with Gasteiger partial charge in [-0.1, -0.05) is 12.1 Å². The number of amides is 2. The number of nitrogens with one attached hydrogen (secondary N) is 2. The lowest BCUT2D eigenvalue weighted by Crippen LogP contribution is -2.26. The van der Waals surface area contributed by atoms with E-state index in [0.29, 0.717) is 12.3 Å². The fourth-order valence-corrected chi connectivity index (χ4v) is 2.15. The normalized spacial score (nSPS) is 11.0. The van der Waals surface area contributed by atoms with E-state index in [-0.39, 0.29) is 23.6 Å². The van der Waals surface area contributed by atoms with Crippen LogP contribution in [0.5, 0.6) is 17.2 Å². The summed E-state index contributed by atoms with van der Waals surface area (Å²) in [7, 11) is 1.59. The van der Waals surface area contributed by atoms with Gasteiger partial charge in [0.15, 0.2) is 11.5 Å². The van der Waals surface area contributed by atoms with E-state index in [1.807, 2.05) is 24.3 Å². The molecule has 27 heavy (non-hydrogen) atoms. The van der Waals surface area contributed by atoms with Crippen LogP contribution in [0.3, 0.4) is 0 Å². The number of ether oxygens (including phenoxy) is 1. The van der Waals surface area contributed by atoms with Crippen LogP contribution >= 0.6 is 0 Å². The predicted molar refractivity (Wildman–Crippen MR) is 99.8 cm³/mol. The Morgan fingerprint density at radius 3 is 2.41 bits per heavy atom. The summed E-state index contributed by atoms with van der Waals surface area (Å²) in [5, 5.41) is 25.3. The molecule has 0 spiro atoms. The van der Waals surface area contributed by atoms with Gasteiger partial charge in [0.05, 0.1) is 13.5 Å². The van der Waals surface area contributed by atoms with Gasteiger partial charge in [-0.2, -0.15) is 5.10 Å². The lowest BCUT2D eigenvalue weighted by Gasteiger charge is -2.07. The third kappa shape index (κ3) is 6.03. The molecule has 0 radical (unpaired) electrons. The molecule has 0 fully saturated rings. The van der Waals surface area contributed by atoms with Crippen LogP contribution in [0.2, 0.25) is 0 Å². The highest BCUT2D eigenvalue weighted by Gasteiger charge is 2.09. The van der Waals surface area contributed by atoms with Crippen molar-refractivity contribution in [2.24, 2.45) is 5.10 Å². The smallest absolute Gasteiger partial charge is 0.271 e. The first-order valence-corrected chi connectivity index (χ1v) is 8.14. The molecule has 8 heteroatoms. The predicted octanol–water partition coefficient (Wildman–Crippen LogP) is 1.92. The Kier molecular flexibility index (Phi) is 6.76. The van der Waals surface area contributed by atoms with Crippen LogP contribution in [0.1, 0.15) is 29.3 Å². The standard InChI is InChI=1S/C19H21N3O5/c1-12(21-22-19(26)14-5-8-16(23)17(24)10-14)9-18(25)20-11-13-3-6-15(27-2)7-4-13/h3-8,10,23-24H,9,11H2,1-2H3,(H,20,25)(H,22,26)/b21-12-. The Morgan fingerprint density at radius 1 is 1.07 bits per heavy atom. The summed E-state index contributed by atoms with van der Waals surface area (Å²) < 4.78 is 5.07. The van der Waals surface area contributed by atoms with Crippen molar-refractivity contribution in [1.82, 2.24) is 10.7 Å². The summed E-state index contributed by atoms with van der Waals surface area (Å²) in [5.41, 5.74) is 3.78. The van der Waals surface area contributed by atoms with E-state index in [1.165, 1.54) is 12.1 Å². The van der Waals surface area contributed by atoms with Crippen molar-refractivity contribution in [3.05, 3.63) is 53.6 Å². The summed E-state index contributed by atoms with van der Waals surface area (Å²) in [6.07, 6.45) is 0.0251. The lowest BCUT2D eigenvalue weighted by atomic mass is 10.2. The van der Waals surface area contributed by atoms with E-state index >= 15 is 0 Å². The molecule has 2 aromatic rings. The largest absolute Gasteiger partial charge is 0.504 e. The van der Waals surface area contributed by atoms with Gasteiger partial charge >= 0.3 is 0 Å². The highest BCUT2D eigenvalue weighted by molar-refractivity contribution is 6.01. The van der Waals surface area contributed by atoms with E-state index in [2.05, 4.69) is 15.8 Å². The van der Waals surface area contributed by atoms with Crippen LogP contribution in [0.4, 0.5) is 0 Å². The van der Waals surface area contributed by atoms with Gasteiger partial charge in [0.2, 0.25) is 5.91 Å². The fraction of sp³-hybridized carbons (Fsp3) is 0.211. The Morgan fingerprint density at radius 2 is 1.78 bits per heavy atom. The van der Waals surface area contributed by atoms with Crippen molar-refractivity contribution in [2.45, 2.75) is 19.9 Å². The third-order valence-corrected chi connectivity index (χ3v) is 3.65. The van der Waals surface area contributed by atoms with Crippen LogP contribution in [-0.4, -0.2) is 34.8 Å². The second-order valence-corrected chi connectivity index (χ2v) is 5.79. The number of hydrogen-bond acceptors (Lipinski definition) is 6. The zero-order valence-corrected chi connectivity index (χ0v) is 15.0. The number of hydrogen-bond donors (Lipinski definition) is 4. The number of phenols is 2. The van der Waals surface area contributed by atoms with Crippen LogP contribution in [0.25, 0.3) is 0 Å². The Bertz CT molecular complexity index is 847. The Hall–Kier alpha value is -3.55. The maximum atomic E-state index is 12.0. The minimum absolute atomic E-state index is 0.0251. The zero-order chi connectivity index (χ0) is 19.8. The van der Waals surface area contributed by atoms with Gasteiger partial charge in [-0.15, -0.1) is 0 Å². The van der Waals surface area contributed by atoms with E-state index in [4.69, 9.17) is 4.74 Å². The van der Waals surface area contributed by atoms with E-state index in [1.54, 1.807) is 14.0 Å². The second kappa shape index (κ2) is 9.23. The average Bonchev–Trinajstić information content (AvgIpc) is 2.67. The molecule has 2 rings (SSSR count). The van der Waals surface area contributed by atoms with Crippen LogP contribution < -0.4 is 15.5 Å². The van der Waals surface area contributed by atoms with Crippen molar-refractivity contribution < 1.29 is 24.5 Å². The number of carbonyl (C=O) groups excluding carboxylic acids is 2. The van der Waals surface area contributed by atoms with Gasteiger partial charge in [-0.3, -0.25) is 9.59 Å². The molecule has 0 aromatic heterocycles. The van der Waals surface area contributed by atoms with E-state index < -0.39 is 11.7 Å². The van der Waals surface area contributed by atoms with Crippen molar-refractivity contribution in [3.8, 4) is 17.2 Å². The number of carbonyl (C=O) groups is 2. The fourth-order valence-electron chi connectivity index (χ4n) is 2.15. The van der Waals surface area contributed by atoms with Gasteiger partial charge in [0.1, 0.15) is 5.75 Å². The van der Waals surface area contributed by atoms with Crippen LogP contribution in [0, 0.1) is 0 Å². The first-order chi connectivity index (χ1) is 12.9. The molecule has 0 aliphatic rings. The molecule has 0 saturated heterocycles. The summed E-state index contributed by atoms with van der Waals surface area (Å²) in [5.74, 6) is -0.779. The molecule has 0 bridgehead atoms. The molecule has 0 unspecified atom stereocenters. The number of methoxy groups -OCH3 is 1. The van der Waals surface area contributed by atoms with Crippen LogP contribution in [0.15, 0.2) is 47.6 Å². The molecule has 4 N–H and O–H groups in total. The van der Waals surface area contributed by atoms with E-state index in [9.17, 15) is 19.8 Å². The van der Waals surface area contributed by atoms with Gasteiger partial charge in [0, 0.05) is 17.8 Å². The molecular formula is C19H21N3O5. The zero-order valence-electron chi connectivity index (χ0n) is 15.0. The maximum absolute atomic E-state index is 12.0. The summed E-state index contributed by atoms with van der Waals surface area (Å²) in [6, 6.07) is 11.0. The first kappa shape index (κ1) is 19.8. The molecule has 0 atom stereocenters. The third-order valence-electron chi connectivity index (χ3n) is 3.65. The topological polar surface area (TPSA) is 120 Å². The molecule has 8 nitrogen and oxygen atoms in total. The van der Waals surface area contributed by atoms with Crippen molar-refractivity contribution in [3.63, 3.8) is 0 Å². The minimum Gasteiger partial charge on any atom is -0.504 e. The monoisotopic (exact) mass is 371 g/mol. The average molecular weight is 371 g/mol. The number of phenolic OH excluding ortho intramolecular Hbond substituents is 2.